The second-order valence-corrected chi connectivity index (χ2v) is 5.29. The molecule has 3 amide bonds. The van der Waals surface area contributed by atoms with Gasteiger partial charge in [-0.15, -0.1) is 0 Å². The van der Waals surface area contributed by atoms with Gasteiger partial charge in [-0.1, -0.05) is 18.2 Å². The standard InChI is InChI=1S/C16H22N4O3/c1-2-19(15(22)11-18-14(21)10-17)13-8-9-20(16(13)23)12-6-4-3-5-7-12/h3-7,13H,2,8-11,17H2,1H3,(H,18,21). The molecular weight excluding hydrogens is 296 g/mol. The third-order valence-electron chi connectivity index (χ3n) is 3.90. The Morgan fingerprint density at radius 1 is 1.35 bits per heavy atom. The van der Waals surface area contributed by atoms with Gasteiger partial charge in [-0.3, -0.25) is 14.4 Å². The molecule has 0 aromatic heterocycles. The quantitative estimate of drug-likeness (QED) is 0.754. The summed E-state index contributed by atoms with van der Waals surface area (Å²) in [5.74, 6) is -0.753. The lowest BCUT2D eigenvalue weighted by Crippen LogP contribution is -2.49. The predicted molar refractivity (Wildman–Crippen MR) is 86.7 cm³/mol. The molecule has 7 nitrogen and oxygen atoms in total. The third kappa shape index (κ3) is 3.87. The van der Waals surface area contributed by atoms with Crippen LogP contribution < -0.4 is 16.0 Å². The van der Waals surface area contributed by atoms with Crippen LogP contribution in [0.25, 0.3) is 0 Å². The molecule has 2 rings (SSSR count). The highest BCUT2D eigenvalue weighted by Gasteiger charge is 2.37. The Kier molecular flexibility index (Phi) is 5.70. The van der Waals surface area contributed by atoms with Crippen molar-refractivity contribution in [2.24, 2.45) is 5.73 Å². The van der Waals surface area contributed by atoms with Crippen LogP contribution in [0.3, 0.4) is 0 Å². The maximum atomic E-state index is 12.6. The van der Waals surface area contributed by atoms with E-state index >= 15 is 0 Å². The molecule has 0 spiro atoms. The van der Waals surface area contributed by atoms with Crippen LogP contribution in [0.2, 0.25) is 0 Å². The summed E-state index contributed by atoms with van der Waals surface area (Å²) in [7, 11) is 0. The van der Waals surface area contributed by atoms with Crippen LogP contribution in [0.1, 0.15) is 13.3 Å². The van der Waals surface area contributed by atoms with E-state index in [1.807, 2.05) is 37.3 Å². The molecule has 1 unspecified atom stereocenters. The largest absolute Gasteiger partial charge is 0.346 e. The summed E-state index contributed by atoms with van der Waals surface area (Å²) in [6.07, 6.45) is 0.581. The van der Waals surface area contributed by atoms with Crippen molar-refractivity contribution in [2.75, 3.05) is 31.1 Å². The lowest BCUT2D eigenvalue weighted by atomic mass is 10.2. The van der Waals surface area contributed by atoms with Crippen LogP contribution in [-0.4, -0.2) is 54.8 Å². The summed E-state index contributed by atoms with van der Waals surface area (Å²) >= 11 is 0. The molecule has 23 heavy (non-hydrogen) atoms. The van der Waals surface area contributed by atoms with Crippen LogP contribution in [0, 0.1) is 0 Å². The van der Waals surface area contributed by atoms with Gasteiger partial charge in [0.25, 0.3) is 0 Å². The first kappa shape index (κ1) is 17.0. The number of carbonyl (C=O) groups excluding carboxylic acids is 3. The molecule has 1 fully saturated rings. The molecule has 7 heteroatoms. The number of benzene rings is 1. The molecule has 0 radical (unpaired) electrons. The van der Waals surface area contributed by atoms with Gasteiger partial charge < -0.3 is 20.9 Å². The molecule has 1 aromatic rings. The van der Waals surface area contributed by atoms with E-state index < -0.39 is 11.9 Å². The zero-order valence-electron chi connectivity index (χ0n) is 13.2. The first-order chi connectivity index (χ1) is 11.1. The molecule has 1 atom stereocenters. The van der Waals surface area contributed by atoms with Crippen molar-refractivity contribution in [3.8, 4) is 0 Å². The van der Waals surface area contributed by atoms with Gasteiger partial charge >= 0.3 is 0 Å². The Bertz CT molecular complexity index is 576. The van der Waals surface area contributed by atoms with Gasteiger partial charge in [0, 0.05) is 18.8 Å². The van der Waals surface area contributed by atoms with E-state index in [1.165, 1.54) is 4.90 Å². The minimum Gasteiger partial charge on any atom is -0.346 e. The fraction of sp³-hybridized carbons (Fsp3) is 0.438. The van der Waals surface area contributed by atoms with E-state index in [0.717, 1.165) is 5.69 Å². The van der Waals surface area contributed by atoms with E-state index in [-0.39, 0.29) is 24.9 Å². The smallest absolute Gasteiger partial charge is 0.249 e. The number of hydrogen-bond acceptors (Lipinski definition) is 4. The lowest BCUT2D eigenvalue weighted by Gasteiger charge is -2.27. The average molecular weight is 318 g/mol. The summed E-state index contributed by atoms with van der Waals surface area (Å²) in [4.78, 5) is 39.3. The van der Waals surface area contributed by atoms with Crippen molar-refractivity contribution < 1.29 is 14.4 Å². The van der Waals surface area contributed by atoms with Crippen LogP contribution in [0.15, 0.2) is 30.3 Å². The summed E-state index contributed by atoms with van der Waals surface area (Å²) < 4.78 is 0. The third-order valence-corrected chi connectivity index (χ3v) is 3.90. The molecular formula is C16H22N4O3. The summed E-state index contributed by atoms with van der Waals surface area (Å²) in [5.41, 5.74) is 6.03. The van der Waals surface area contributed by atoms with E-state index in [1.54, 1.807) is 4.90 Å². The highest BCUT2D eigenvalue weighted by atomic mass is 16.2. The lowest BCUT2D eigenvalue weighted by molar-refractivity contribution is -0.138. The molecule has 1 aliphatic heterocycles. The number of rotatable bonds is 6. The first-order valence-electron chi connectivity index (χ1n) is 7.71. The number of likely N-dealkylation sites (N-methyl/N-ethyl adjacent to an activating group) is 1. The highest BCUT2D eigenvalue weighted by Crippen LogP contribution is 2.24. The molecule has 3 N–H and O–H groups in total. The van der Waals surface area contributed by atoms with Gasteiger partial charge in [-0.2, -0.15) is 0 Å². The number of hydrogen-bond donors (Lipinski definition) is 2. The van der Waals surface area contributed by atoms with Gasteiger partial charge in [0.2, 0.25) is 17.7 Å². The van der Waals surface area contributed by atoms with E-state index in [4.69, 9.17) is 5.73 Å². The molecule has 1 aromatic carbocycles. The second kappa shape index (κ2) is 7.73. The Morgan fingerprint density at radius 2 is 2.04 bits per heavy atom. The topological polar surface area (TPSA) is 95.7 Å². The van der Waals surface area contributed by atoms with Crippen LogP contribution >= 0.6 is 0 Å². The zero-order valence-corrected chi connectivity index (χ0v) is 13.2. The molecule has 0 saturated carbocycles. The number of nitrogens with one attached hydrogen (secondary N) is 1. The van der Waals surface area contributed by atoms with Gasteiger partial charge in [0.15, 0.2) is 0 Å². The number of anilines is 1. The number of carbonyl (C=O) groups is 3. The molecule has 124 valence electrons. The first-order valence-corrected chi connectivity index (χ1v) is 7.71. The van der Waals surface area contributed by atoms with Gasteiger partial charge in [-0.25, -0.2) is 0 Å². The van der Waals surface area contributed by atoms with E-state index in [9.17, 15) is 14.4 Å². The van der Waals surface area contributed by atoms with Crippen molar-refractivity contribution in [3.05, 3.63) is 30.3 Å². The zero-order chi connectivity index (χ0) is 16.8. The van der Waals surface area contributed by atoms with Crippen molar-refractivity contribution in [3.63, 3.8) is 0 Å². The van der Waals surface area contributed by atoms with Gasteiger partial charge in [-0.05, 0) is 25.5 Å². The highest BCUT2D eigenvalue weighted by molar-refractivity contribution is 6.01. The Hall–Kier alpha value is -2.41. The fourth-order valence-corrected chi connectivity index (χ4v) is 2.74. The fourth-order valence-electron chi connectivity index (χ4n) is 2.74. The average Bonchev–Trinajstić information content (AvgIpc) is 2.95. The molecule has 1 aliphatic rings. The molecule has 1 heterocycles. The van der Waals surface area contributed by atoms with Crippen molar-refractivity contribution in [1.29, 1.82) is 0 Å². The van der Waals surface area contributed by atoms with E-state index in [2.05, 4.69) is 5.32 Å². The van der Waals surface area contributed by atoms with Gasteiger partial charge in [0.1, 0.15) is 6.04 Å². The van der Waals surface area contributed by atoms with Crippen molar-refractivity contribution in [1.82, 2.24) is 10.2 Å². The Morgan fingerprint density at radius 3 is 2.65 bits per heavy atom. The van der Waals surface area contributed by atoms with E-state index in [0.29, 0.717) is 19.5 Å². The SMILES string of the molecule is CCN(C(=O)CNC(=O)CN)C1CCN(c2ccccc2)C1=O. The van der Waals surface area contributed by atoms with Crippen LogP contribution in [-0.2, 0) is 14.4 Å². The maximum absolute atomic E-state index is 12.6. The number of nitrogens with zero attached hydrogens (tertiary/aromatic N) is 2. The number of amides is 3. The Balaban J connectivity index is 2.03. The number of nitrogens with two attached hydrogens (primary N) is 1. The maximum Gasteiger partial charge on any atom is 0.249 e. The molecule has 1 saturated heterocycles. The van der Waals surface area contributed by atoms with Gasteiger partial charge in [0.05, 0.1) is 13.1 Å². The number of para-hydroxylation sites is 1. The van der Waals surface area contributed by atoms with Crippen LogP contribution in [0.4, 0.5) is 5.69 Å². The monoisotopic (exact) mass is 318 g/mol. The second-order valence-electron chi connectivity index (χ2n) is 5.29. The Labute approximate surface area is 135 Å². The molecule has 0 bridgehead atoms. The summed E-state index contributed by atoms with van der Waals surface area (Å²) in [6.45, 7) is 2.51. The van der Waals surface area contributed by atoms with Crippen LogP contribution in [0.5, 0.6) is 0 Å². The minimum absolute atomic E-state index is 0.0865. The van der Waals surface area contributed by atoms with Crippen molar-refractivity contribution in [2.45, 2.75) is 19.4 Å². The van der Waals surface area contributed by atoms with Crippen molar-refractivity contribution >= 4 is 23.4 Å². The summed E-state index contributed by atoms with van der Waals surface area (Å²) in [5, 5.41) is 2.45. The minimum atomic E-state index is -0.484. The predicted octanol–water partition coefficient (Wildman–Crippen LogP) is -0.285. The normalized spacial score (nSPS) is 17.2. The molecule has 0 aliphatic carbocycles. The summed E-state index contributed by atoms with van der Waals surface area (Å²) in [6, 6.07) is 8.91.